The molecule has 3 atom stereocenters. The number of amides is 1. The number of hydrogen-bond donors (Lipinski definition) is 1. The van der Waals surface area contributed by atoms with Gasteiger partial charge in [0.15, 0.2) is 0 Å². The molecule has 2 bridgehead atoms. The SMILES string of the molecule is C[C@H]1C[C@@H](F)[C@@H](OC(=O)NC23CC(C2)C3)C1. The summed E-state index contributed by atoms with van der Waals surface area (Å²) in [4.78, 5) is 11.6. The fourth-order valence-corrected chi connectivity index (χ4v) is 3.31. The summed E-state index contributed by atoms with van der Waals surface area (Å²) in [6, 6.07) is 0. The van der Waals surface area contributed by atoms with Crippen molar-refractivity contribution in [1.29, 1.82) is 0 Å². The highest BCUT2D eigenvalue weighted by molar-refractivity contribution is 5.69. The molecule has 0 radical (unpaired) electrons. The quantitative estimate of drug-likeness (QED) is 0.786. The molecular weight excluding hydrogens is 209 g/mol. The third-order valence-corrected chi connectivity index (χ3v) is 4.33. The summed E-state index contributed by atoms with van der Waals surface area (Å²) in [6.45, 7) is 2.00. The highest BCUT2D eigenvalue weighted by Gasteiger charge is 2.57. The number of alkyl carbamates (subject to hydrolysis) is 1. The van der Waals surface area contributed by atoms with E-state index in [0.29, 0.717) is 18.8 Å². The molecule has 4 rings (SSSR count). The van der Waals surface area contributed by atoms with Crippen LogP contribution in [0.5, 0.6) is 0 Å². The Kier molecular flexibility index (Phi) is 2.17. The number of carbonyl (C=O) groups is 1. The van der Waals surface area contributed by atoms with E-state index in [4.69, 9.17) is 4.74 Å². The second kappa shape index (κ2) is 3.34. The van der Waals surface area contributed by atoms with Gasteiger partial charge in [0.2, 0.25) is 0 Å². The van der Waals surface area contributed by atoms with Gasteiger partial charge >= 0.3 is 6.09 Å². The van der Waals surface area contributed by atoms with Crippen LogP contribution in [0.15, 0.2) is 0 Å². The van der Waals surface area contributed by atoms with Gasteiger partial charge in [-0.05, 0) is 43.9 Å². The Labute approximate surface area is 94.7 Å². The number of ether oxygens (including phenoxy) is 1. The molecule has 1 amide bonds. The van der Waals surface area contributed by atoms with Gasteiger partial charge in [-0.15, -0.1) is 0 Å². The molecule has 0 aromatic rings. The smallest absolute Gasteiger partial charge is 0.407 e. The second-order valence-electron chi connectivity index (χ2n) is 5.92. The zero-order valence-electron chi connectivity index (χ0n) is 9.54. The van der Waals surface area contributed by atoms with Gasteiger partial charge in [-0.3, -0.25) is 0 Å². The number of alkyl halides is 1. The van der Waals surface area contributed by atoms with Crippen LogP contribution in [0.4, 0.5) is 9.18 Å². The molecule has 0 unspecified atom stereocenters. The van der Waals surface area contributed by atoms with Gasteiger partial charge in [0.25, 0.3) is 0 Å². The van der Waals surface area contributed by atoms with Crippen molar-refractivity contribution in [2.45, 2.75) is 56.8 Å². The molecular formula is C12H18FNO2. The normalized spacial score (nSPS) is 49.1. The van der Waals surface area contributed by atoms with E-state index < -0.39 is 18.4 Å². The topological polar surface area (TPSA) is 38.3 Å². The fraction of sp³-hybridized carbons (Fsp3) is 0.917. The lowest BCUT2D eigenvalue weighted by molar-refractivity contribution is -0.0530. The Bertz CT molecular complexity index is 303. The van der Waals surface area contributed by atoms with Crippen molar-refractivity contribution in [2.24, 2.45) is 11.8 Å². The Morgan fingerprint density at radius 3 is 2.50 bits per heavy atom. The maximum absolute atomic E-state index is 13.4. The van der Waals surface area contributed by atoms with E-state index in [0.717, 1.165) is 25.2 Å². The van der Waals surface area contributed by atoms with E-state index in [9.17, 15) is 9.18 Å². The van der Waals surface area contributed by atoms with E-state index in [1.807, 2.05) is 6.92 Å². The van der Waals surface area contributed by atoms with Crippen LogP contribution in [0.25, 0.3) is 0 Å². The Morgan fingerprint density at radius 1 is 1.38 bits per heavy atom. The summed E-state index contributed by atoms with van der Waals surface area (Å²) >= 11 is 0. The molecule has 90 valence electrons. The van der Waals surface area contributed by atoms with E-state index in [1.54, 1.807) is 0 Å². The number of carbonyl (C=O) groups excluding carboxylic acids is 1. The molecule has 3 nitrogen and oxygen atoms in total. The minimum absolute atomic E-state index is 0.0256. The van der Waals surface area contributed by atoms with Gasteiger partial charge in [0, 0.05) is 5.54 Å². The first-order valence-electron chi connectivity index (χ1n) is 6.19. The van der Waals surface area contributed by atoms with E-state index in [1.165, 1.54) is 0 Å². The molecule has 0 aliphatic heterocycles. The molecule has 0 aromatic carbocycles. The van der Waals surface area contributed by atoms with Crippen molar-refractivity contribution < 1.29 is 13.9 Å². The maximum atomic E-state index is 13.4. The average molecular weight is 227 g/mol. The number of halogens is 1. The minimum atomic E-state index is -0.978. The van der Waals surface area contributed by atoms with Crippen molar-refractivity contribution in [1.82, 2.24) is 5.32 Å². The summed E-state index contributed by atoms with van der Waals surface area (Å²) in [5.74, 6) is 1.14. The highest BCUT2D eigenvalue weighted by atomic mass is 19.1. The predicted molar refractivity (Wildman–Crippen MR) is 56.8 cm³/mol. The maximum Gasteiger partial charge on any atom is 0.407 e. The number of rotatable bonds is 2. The summed E-state index contributed by atoms with van der Waals surface area (Å²) in [5, 5.41) is 2.89. The lowest BCUT2D eigenvalue weighted by Gasteiger charge is -2.61. The summed E-state index contributed by atoms with van der Waals surface area (Å²) < 4.78 is 18.6. The van der Waals surface area contributed by atoms with Gasteiger partial charge in [0.05, 0.1) is 0 Å². The molecule has 4 heteroatoms. The monoisotopic (exact) mass is 227 g/mol. The fourth-order valence-electron chi connectivity index (χ4n) is 3.31. The van der Waals surface area contributed by atoms with Gasteiger partial charge < -0.3 is 10.1 Å². The van der Waals surface area contributed by atoms with Crippen LogP contribution in [-0.2, 0) is 4.74 Å². The molecule has 4 aliphatic rings. The lowest BCUT2D eigenvalue weighted by atomic mass is 9.50. The molecule has 4 saturated carbocycles. The molecule has 0 spiro atoms. The van der Waals surface area contributed by atoms with E-state index in [-0.39, 0.29) is 5.54 Å². The standard InChI is InChI=1S/C12H18FNO2/c1-7-2-9(13)10(3-7)16-11(15)14-12-4-8(5-12)6-12/h7-10H,2-6H2,1H3,(H,14,15)/t7-,8?,9+,10-,12?/m0/s1. The molecule has 0 aromatic heterocycles. The first-order chi connectivity index (χ1) is 7.56. The number of hydrogen-bond acceptors (Lipinski definition) is 2. The van der Waals surface area contributed by atoms with Gasteiger partial charge in [-0.1, -0.05) is 6.92 Å². The largest absolute Gasteiger partial charge is 0.443 e. The molecule has 1 N–H and O–H groups in total. The predicted octanol–water partition coefficient (Wildman–Crippen LogP) is 2.40. The second-order valence-corrected chi connectivity index (χ2v) is 5.92. The van der Waals surface area contributed by atoms with Crippen LogP contribution in [0.1, 0.15) is 39.0 Å². The Morgan fingerprint density at radius 2 is 2.06 bits per heavy atom. The van der Waals surface area contributed by atoms with Gasteiger partial charge in [0.1, 0.15) is 12.3 Å². The van der Waals surface area contributed by atoms with Crippen molar-refractivity contribution >= 4 is 6.09 Å². The van der Waals surface area contributed by atoms with Crippen LogP contribution in [0.2, 0.25) is 0 Å². The minimum Gasteiger partial charge on any atom is -0.443 e. The van der Waals surface area contributed by atoms with Crippen LogP contribution in [-0.4, -0.2) is 23.9 Å². The molecule has 0 heterocycles. The van der Waals surface area contributed by atoms with E-state index >= 15 is 0 Å². The third kappa shape index (κ3) is 1.59. The van der Waals surface area contributed by atoms with Crippen molar-refractivity contribution in [2.75, 3.05) is 0 Å². The number of nitrogens with one attached hydrogen (secondary N) is 1. The molecule has 4 fully saturated rings. The Balaban J connectivity index is 1.48. The first kappa shape index (κ1) is 10.4. The summed E-state index contributed by atoms with van der Waals surface area (Å²) in [5.41, 5.74) is 0.0256. The first-order valence-corrected chi connectivity index (χ1v) is 6.19. The van der Waals surface area contributed by atoms with Crippen molar-refractivity contribution in [3.8, 4) is 0 Å². The van der Waals surface area contributed by atoms with Gasteiger partial charge in [-0.2, -0.15) is 0 Å². The third-order valence-electron chi connectivity index (χ3n) is 4.33. The molecule has 4 aliphatic carbocycles. The highest BCUT2D eigenvalue weighted by Crippen LogP contribution is 2.56. The molecule has 0 saturated heterocycles. The molecule has 16 heavy (non-hydrogen) atoms. The summed E-state index contributed by atoms with van der Waals surface area (Å²) in [7, 11) is 0. The average Bonchev–Trinajstić information content (AvgIpc) is 2.36. The van der Waals surface area contributed by atoms with Crippen molar-refractivity contribution in [3.63, 3.8) is 0 Å². The zero-order valence-corrected chi connectivity index (χ0v) is 9.54. The van der Waals surface area contributed by atoms with Crippen LogP contribution < -0.4 is 5.32 Å². The van der Waals surface area contributed by atoms with Gasteiger partial charge in [-0.25, -0.2) is 9.18 Å². The van der Waals surface area contributed by atoms with E-state index in [2.05, 4.69) is 5.32 Å². The lowest BCUT2D eigenvalue weighted by Crippen LogP contribution is -2.68. The zero-order chi connectivity index (χ0) is 11.3. The Hall–Kier alpha value is -0.800. The van der Waals surface area contributed by atoms with Crippen molar-refractivity contribution in [3.05, 3.63) is 0 Å². The van der Waals surface area contributed by atoms with Crippen LogP contribution >= 0.6 is 0 Å². The van der Waals surface area contributed by atoms with Crippen LogP contribution in [0.3, 0.4) is 0 Å². The van der Waals surface area contributed by atoms with Crippen LogP contribution in [0, 0.1) is 11.8 Å². The summed E-state index contributed by atoms with van der Waals surface area (Å²) in [6.07, 6.45) is 2.51.